The molecule has 0 bridgehead atoms. The molecule has 7 heteroatoms. The molecule has 0 aliphatic carbocycles. The van der Waals surface area contributed by atoms with Gasteiger partial charge in [0.15, 0.2) is 5.65 Å². The van der Waals surface area contributed by atoms with Gasteiger partial charge in [-0.2, -0.15) is 0 Å². The molecule has 1 amide bonds. The Morgan fingerprint density at radius 1 is 1.14 bits per heavy atom. The molecule has 0 fully saturated rings. The summed E-state index contributed by atoms with van der Waals surface area (Å²) < 4.78 is 1.80. The number of benzene rings is 2. The van der Waals surface area contributed by atoms with E-state index in [-0.39, 0.29) is 5.91 Å². The lowest BCUT2D eigenvalue weighted by atomic mass is 10.00. The molecule has 29 heavy (non-hydrogen) atoms. The van der Waals surface area contributed by atoms with Gasteiger partial charge in [0.1, 0.15) is 6.33 Å². The number of anilines is 2. The second kappa shape index (κ2) is 7.20. The van der Waals surface area contributed by atoms with Crippen LogP contribution in [0.1, 0.15) is 32.6 Å². The molecule has 2 aromatic carbocycles. The molecule has 0 atom stereocenters. The number of nitrogens with two attached hydrogens (primary N) is 1. The lowest BCUT2D eigenvalue weighted by Crippen LogP contribution is -2.17. The number of nitrogen functional groups attached to an aromatic ring is 1. The Morgan fingerprint density at radius 3 is 2.66 bits per heavy atom. The van der Waals surface area contributed by atoms with Gasteiger partial charge >= 0.3 is 0 Å². The number of rotatable bonds is 4. The number of hydrogen-bond acceptors (Lipinski definition) is 5. The second-order valence-electron chi connectivity index (χ2n) is 6.87. The number of hydrogen-bond donors (Lipinski definition) is 3. The molecule has 2 heterocycles. The van der Waals surface area contributed by atoms with Crippen molar-refractivity contribution in [1.82, 2.24) is 14.6 Å². The van der Waals surface area contributed by atoms with Crippen molar-refractivity contribution >= 4 is 28.6 Å². The highest BCUT2D eigenvalue weighted by Crippen LogP contribution is 2.23. The molecule has 4 N–H and O–H groups in total. The van der Waals surface area contributed by atoms with Crippen molar-refractivity contribution in [3.05, 3.63) is 88.9 Å². The smallest absolute Gasteiger partial charge is 0.256 e. The van der Waals surface area contributed by atoms with E-state index < -0.39 is 0 Å². The highest BCUT2D eigenvalue weighted by molar-refractivity contribution is 6.15. The summed E-state index contributed by atoms with van der Waals surface area (Å²) in [5.74, 6) is -0.243. The number of aromatic nitrogens is 3. The van der Waals surface area contributed by atoms with Crippen molar-refractivity contribution in [2.24, 2.45) is 0 Å². The molecule has 7 nitrogen and oxygen atoms in total. The SMILES string of the molecule is Cc1cn2cnnc2c(C)c1C(=O)Nc1ccc(N)c(C(=N)c2ccccc2)c1. The van der Waals surface area contributed by atoms with E-state index in [1.807, 2.05) is 50.4 Å². The average Bonchev–Trinajstić information content (AvgIpc) is 3.18. The first-order valence-corrected chi connectivity index (χ1v) is 9.10. The van der Waals surface area contributed by atoms with Crippen molar-refractivity contribution in [1.29, 1.82) is 5.41 Å². The molecule has 0 spiro atoms. The first-order valence-electron chi connectivity index (χ1n) is 9.10. The Labute approximate surface area is 167 Å². The van der Waals surface area contributed by atoms with Crippen LogP contribution in [0.4, 0.5) is 11.4 Å². The Morgan fingerprint density at radius 2 is 1.90 bits per heavy atom. The van der Waals surface area contributed by atoms with Gasteiger partial charge in [0.2, 0.25) is 0 Å². The van der Waals surface area contributed by atoms with E-state index in [1.165, 1.54) is 0 Å². The van der Waals surface area contributed by atoms with E-state index in [9.17, 15) is 4.79 Å². The zero-order valence-electron chi connectivity index (χ0n) is 16.1. The minimum atomic E-state index is -0.243. The largest absolute Gasteiger partial charge is 0.398 e. The van der Waals surface area contributed by atoms with Crippen molar-refractivity contribution in [2.45, 2.75) is 13.8 Å². The maximum atomic E-state index is 13.0. The van der Waals surface area contributed by atoms with Crippen molar-refractivity contribution < 1.29 is 4.79 Å². The molecule has 0 radical (unpaired) electrons. The molecule has 144 valence electrons. The van der Waals surface area contributed by atoms with Crippen LogP contribution in [0, 0.1) is 19.3 Å². The van der Waals surface area contributed by atoms with Gasteiger partial charge in [0.25, 0.3) is 5.91 Å². The molecular weight excluding hydrogens is 364 g/mol. The van der Waals surface area contributed by atoms with Gasteiger partial charge in [-0.25, -0.2) is 0 Å². The molecular formula is C22H20N6O. The normalized spacial score (nSPS) is 10.8. The maximum absolute atomic E-state index is 13.0. The van der Waals surface area contributed by atoms with Crippen LogP contribution in [0.5, 0.6) is 0 Å². The minimum Gasteiger partial charge on any atom is -0.398 e. The van der Waals surface area contributed by atoms with E-state index in [0.29, 0.717) is 33.9 Å². The fraction of sp³-hybridized carbons (Fsp3) is 0.0909. The predicted octanol–water partition coefficient (Wildman–Crippen LogP) is 3.60. The van der Waals surface area contributed by atoms with Gasteiger partial charge < -0.3 is 11.1 Å². The number of fused-ring (bicyclic) bond motifs is 1. The van der Waals surface area contributed by atoms with Crippen molar-refractivity contribution in [3.63, 3.8) is 0 Å². The molecule has 0 saturated heterocycles. The van der Waals surface area contributed by atoms with E-state index in [1.54, 1.807) is 28.9 Å². The molecule has 4 aromatic rings. The monoisotopic (exact) mass is 384 g/mol. The molecule has 2 aromatic heterocycles. The van der Waals surface area contributed by atoms with E-state index >= 15 is 0 Å². The fourth-order valence-corrected chi connectivity index (χ4v) is 3.44. The van der Waals surface area contributed by atoms with Gasteiger partial charge in [0, 0.05) is 34.3 Å². The number of amides is 1. The third kappa shape index (κ3) is 3.34. The Balaban J connectivity index is 1.67. The summed E-state index contributed by atoms with van der Waals surface area (Å²) in [5, 5.41) is 19.4. The molecule has 0 aliphatic rings. The number of pyridine rings is 1. The Hall–Kier alpha value is -4.00. The van der Waals surface area contributed by atoms with Crippen LogP contribution in [0.2, 0.25) is 0 Å². The summed E-state index contributed by atoms with van der Waals surface area (Å²) in [6.07, 6.45) is 3.44. The number of aryl methyl sites for hydroxylation is 2. The van der Waals surface area contributed by atoms with Gasteiger partial charge in [0.05, 0.1) is 11.3 Å². The fourth-order valence-electron chi connectivity index (χ4n) is 3.44. The van der Waals surface area contributed by atoms with Crippen LogP contribution in [-0.4, -0.2) is 26.2 Å². The van der Waals surface area contributed by atoms with E-state index in [4.69, 9.17) is 11.1 Å². The van der Waals surface area contributed by atoms with Crippen LogP contribution in [-0.2, 0) is 0 Å². The molecule has 4 rings (SSSR count). The third-order valence-electron chi connectivity index (χ3n) is 4.88. The summed E-state index contributed by atoms with van der Waals surface area (Å²) in [6.45, 7) is 3.73. The molecule has 0 unspecified atom stereocenters. The number of nitrogens with one attached hydrogen (secondary N) is 2. The number of carbonyl (C=O) groups excluding carboxylic acids is 1. The van der Waals surface area contributed by atoms with Crippen LogP contribution in [0.3, 0.4) is 0 Å². The number of nitrogens with zero attached hydrogens (tertiary/aromatic N) is 3. The third-order valence-corrected chi connectivity index (χ3v) is 4.88. The predicted molar refractivity (Wildman–Crippen MR) is 114 cm³/mol. The Kier molecular flexibility index (Phi) is 4.56. The van der Waals surface area contributed by atoms with Crippen LogP contribution < -0.4 is 11.1 Å². The summed E-state index contributed by atoms with van der Waals surface area (Å²) >= 11 is 0. The van der Waals surface area contributed by atoms with Crippen LogP contribution in [0.25, 0.3) is 5.65 Å². The molecule has 0 aliphatic heterocycles. The average molecular weight is 384 g/mol. The lowest BCUT2D eigenvalue weighted by molar-refractivity contribution is 0.102. The summed E-state index contributed by atoms with van der Waals surface area (Å²) in [5.41, 5.74) is 11.5. The first kappa shape index (κ1) is 18.4. The summed E-state index contributed by atoms with van der Waals surface area (Å²) in [7, 11) is 0. The second-order valence-corrected chi connectivity index (χ2v) is 6.87. The van der Waals surface area contributed by atoms with E-state index in [0.717, 1.165) is 16.7 Å². The van der Waals surface area contributed by atoms with Crippen LogP contribution in [0.15, 0.2) is 61.1 Å². The van der Waals surface area contributed by atoms with Gasteiger partial charge in [-0.1, -0.05) is 30.3 Å². The number of carbonyl (C=O) groups is 1. The maximum Gasteiger partial charge on any atom is 0.256 e. The standard InChI is InChI=1S/C22H20N6O/c1-13-11-28-12-25-27-21(28)14(2)19(13)22(29)26-16-8-9-18(23)17(10-16)20(24)15-6-4-3-5-7-15/h3-12,24H,23H2,1-2H3,(H,26,29). The van der Waals surface area contributed by atoms with Gasteiger partial charge in [-0.3, -0.25) is 14.6 Å². The van der Waals surface area contributed by atoms with Crippen molar-refractivity contribution in [3.8, 4) is 0 Å². The summed E-state index contributed by atoms with van der Waals surface area (Å²) in [6, 6.07) is 14.5. The zero-order valence-corrected chi connectivity index (χ0v) is 16.1. The topological polar surface area (TPSA) is 109 Å². The quantitative estimate of drug-likeness (QED) is 0.369. The van der Waals surface area contributed by atoms with Gasteiger partial charge in [-0.05, 0) is 37.6 Å². The van der Waals surface area contributed by atoms with Crippen molar-refractivity contribution in [2.75, 3.05) is 11.1 Å². The Bertz CT molecular complexity index is 1240. The lowest BCUT2D eigenvalue weighted by Gasteiger charge is -2.14. The van der Waals surface area contributed by atoms with Crippen LogP contribution >= 0.6 is 0 Å². The highest BCUT2D eigenvalue weighted by Gasteiger charge is 2.18. The highest BCUT2D eigenvalue weighted by atomic mass is 16.1. The molecule has 0 saturated carbocycles. The minimum absolute atomic E-state index is 0.243. The van der Waals surface area contributed by atoms with E-state index in [2.05, 4.69) is 15.5 Å². The summed E-state index contributed by atoms with van der Waals surface area (Å²) in [4.78, 5) is 13.0. The zero-order chi connectivity index (χ0) is 20.5. The first-order chi connectivity index (χ1) is 14.0. The van der Waals surface area contributed by atoms with Gasteiger partial charge in [-0.15, -0.1) is 10.2 Å².